The molecular weight excluding hydrogens is 358 g/mol. The Labute approximate surface area is 182 Å². The van der Waals surface area contributed by atoms with E-state index in [-0.39, 0.29) is 0 Å². The Morgan fingerprint density at radius 2 is 0.793 bits per heavy atom. The monoisotopic (exact) mass is 411 g/mol. The fraction of sp³-hybridized carbons (Fsp3) is 0.962. The molecule has 0 heterocycles. The third-order valence-corrected chi connectivity index (χ3v) is 6.16. The van der Waals surface area contributed by atoms with Crippen molar-refractivity contribution in [3.8, 4) is 0 Å². The third kappa shape index (κ3) is 23.6. The molecule has 3 heteroatoms. The lowest BCUT2D eigenvalue weighted by Gasteiger charge is -2.06. The standard InChI is InChI=1S/C26H53NO2/c1-2-3-4-5-6-7-8-9-10-11-12-13-14-15-16-17-18-19-20-21-22-23-24-25(28)26(27)29/h25,28H,2-24H2,1H3,(H2,27,29)/t25-/m1/s1. The van der Waals surface area contributed by atoms with E-state index in [0.717, 1.165) is 12.8 Å². The predicted octanol–water partition coefficient (Wildman–Crippen LogP) is 7.82. The van der Waals surface area contributed by atoms with Crippen LogP contribution in [0.4, 0.5) is 0 Å². The van der Waals surface area contributed by atoms with Crippen LogP contribution in [-0.2, 0) is 4.79 Å². The maximum absolute atomic E-state index is 10.7. The number of aliphatic hydroxyl groups excluding tert-OH is 1. The number of nitrogens with two attached hydrogens (primary N) is 1. The number of amides is 1. The molecule has 0 saturated heterocycles. The molecule has 1 amide bonds. The summed E-state index contributed by atoms with van der Waals surface area (Å²) in [6, 6.07) is 0. The van der Waals surface area contributed by atoms with E-state index < -0.39 is 12.0 Å². The second-order valence-electron chi connectivity index (χ2n) is 9.13. The lowest BCUT2D eigenvalue weighted by molar-refractivity contribution is -0.126. The zero-order chi connectivity index (χ0) is 21.4. The van der Waals surface area contributed by atoms with E-state index in [1.807, 2.05) is 0 Å². The van der Waals surface area contributed by atoms with Crippen LogP contribution in [0.5, 0.6) is 0 Å². The zero-order valence-corrected chi connectivity index (χ0v) is 19.8. The highest BCUT2D eigenvalue weighted by Gasteiger charge is 2.09. The smallest absolute Gasteiger partial charge is 0.246 e. The van der Waals surface area contributed by atoms with E-state index in [2.05, 4.69) is 6.92 Å². The normalized spacial score (nSPS) is 12.3. The van der Waals surface area contributed by atoms with Crippen LogP contribution in [0, 0.1) is 0 Å². The van der Waals surface area contributed by atoms with Crippen LogP contribution in [0.1, 0.15) is 155 Å². The average molecular weight is 412 g/mol. The molecule has 0 aromatic rings. The van der Waals surface area contributed by atoms with Crippen LogP contribution in [0.15, 0.2) is 0 Å². The summed E-state index contributed by atoms with van der Waals surface area (Å²) < 4.78 is 0. The van der Waals surface area contributed by atoms with Gasteiger partial charge in [0.25, 0.3) is 0 Å². The van der Waals surface area contributed by atoms with Gasteiger partial charge in [-0.1, -0.05) is 148 Å². The van der Waals surface area contributed by atoms with E-state index in [9.17, 15) is 9.90 Å². The molecule has 0 aliphatic rings. The van der Waals surface area contributed by atoms with Gasteiger partial charge in [0.05, 0.1) is 0 Å². The van der Waals surface area contributed by atoms with Crippen LogP contribution in [0.25, 0.3) is 0 Å². The summed E-state index contributed by atoms with van der Waals surface area (Å²) in [6.45, 7) is 2.29. The summed E-state index contributed by atoms with van der Waals surface area (Å²) in [6.07, 6.45) is 29.7. The Balaban J connectivity index is 3.04. The van der Waals surface area contributed by atoms with Gasteiger partial charge >= 0.3 is 0 Å². The maximum atomic E-state index is 10.7. The first-order valence-corrected chi connectivity index (χ1v) is 13.2. The van der Waals surface area contributed by atoms with Gasteiger partial charge in [-0.3, -0.25) is 4.79 Å². The van der Waals surface area contributed by atoms with E-state index in [4.69, 9.17) is 5.73 Å². The third-order valence-electron chi connectivity index (χ3n) is 6.16. The Hall–Kier alpha value is -0.570. The number of hydrogen-bond donors (Lipinski definition) is 2. The van der Waals surface area contributed by atoms with E-state index >= 15 is 0 Å². The Bertz CT molecular complexity index is 333. The van der Waals surface area contributed by atoms with Crippen LogP contribution in [0.2, 0.25) is 0 Å². The lowest BCUT2D eigenvalue weighted by atomic mass is 10.0. The summed E-state index contributed by atoms with van der Waals surface area (Å²) in [5, 5.41) is 9.32. The SMILES string of the molecule is CCCCCCCCCCCCCCCCCCCCCCCC[C@@H](O)C(N)=O. The Kier molecular flexibility index (Phi) is 23.2. The van der Waals surface area contributed by atoms with E-state index in [1.54, 1.807) is 0 Å². The maximum Gasteiger partial charge on any atom is 0.246 e. The molecule has 0 rings (SSSR count). The predicted molar refractivity (Wildman–Crippen MR) is 127 cm³/mol. The van der Waals surface area contributed by atoms with Gasteiger partial charge in [-0.15, -0.1) is 0 Å². The molecule has 0 aromatic carbocycles. The van der Waals surface area contributed by atoms with E-state index in [0.29, 0.717) is 6.42 Å². The fourth-order valence-electron chi connectivity index (χ4n) is 4.09. The number of carbonyl (C=O) groups is 1. The highest BCUT2D eigenvalue weighted by molar-refractivity contribution is 5.78. The van der Waals surface area contributed by atoms with Crippen molar-refractivity contribution in [3.63, 3.8) is 0 Å². The molecule has 0 bridgehead atoms. The number of primary amides is 1. The summed E-state index contributed by atoms with van der Waals surface area (Å²) in [5.74, 6) is -0.589. The first kappa shape index (κ1) is 28.4. The first-order chi connectivity index (χ1) is 14.2. The van der Waals surface area contributed by atoms with Crippen molar-refractivity contribution in [1.82, 2.24) is 0 Å². The minimum absolute atomic E-state index is 0.522. The first-order valence-electron chi connectivity index (χ1n) is 13.2. The molecule has 3 nitrogen and oxygen atoms in total. The van der Waals surface area contributed by atoms with Gasteiger partial charge in [-0.25, -0.2) is 0 Å². The van der Waals surface area contributed by atoms with Crippen molar-refractivity contribution in [2.24, 2.45) is 5.73 Å². The number of rotatable bonds is 24. The molecule has 0 saturated carbocycles. The second kappa shape index (κ2) is 23.7. The lowest BCUT2D eigenvalue weighted by Crippen LogP contribution is -2.27. The molecule has 174 valence electrons. The van der Waals surface area contributed by atoms with Crippen LogP contribution in [0.3, 0.4) is 0 Å². The summed E-state index contributed by atoms with van der Waals surface area (Å²) in [5.41, 5.74) is 5.04. The largest absolute Gasteiger partial charge is 0.383 e. The van der Waals surface area contributed by atoms with Crippen LogP contribution < -0.4 is 5.73 Å². The molecular formula is C26H53NO2. The minimum atomic E-state index is -0.944. The van der Waals surface area contributed by atoms with Crippen LogP contribution >= 0.6 is 0 Å². The van der Waals surface area contributed by atoms with Gasteiger partial charge < -0.3 is 10.8 Å². The highest BCUT2D eigenvalue weighted by Crippen LogP contribution is 2.15. The number of unbranched alkanes of at least 4 members (excludes halogenated alkanes) is 21. The van der Waals surface area contributed by atoms with Gasteiger partial charge in [0, 0.05) is 0 Å². The molecule has 1 atom stereocenters. The topological polar surface area (TPSA) is 63.3 Å². The summed E-state index contributed by atoms with van der Waals surface area (Å²) >= 11 is 0. The van der Waals surface area contributed by atoms with Crippen molar-refractivity contribution in [1.29, 1.82) is 0 Å². The Morgan fingerprint density at radius 3 is 1.03 bits per heavy atom. The summed E-state index contributed by atoms with van der Waals surface area (Å²) in [7, 11) is 0. The molecule has 0 radical (unpaired) electrons. The van der Waals surface area contributed by atoms with Crippen molar-refractivity contribution in [2.75, 3.05) is 0 Å². The molecule has 0 unspecified atom stereocenters. The molecule has 0 aliphatic heterocycles. The van der Waals surface area contributed by atoms with Gasteiger partial charge in [0.15, 0.2) is 0 Å². The molecule has 3 N–H and O–H groups in total. The van der Waals surface area contributed by atoms with Crippen molar-refractivity contribution in [3.05, 3.63) is 0 Å². The van der Waals surface area contributed by atoms with Gasteiger partial charge in [0.2, 0.25) is 5.91 Å². The molecule has 0 fully saturated rings. The number of carbonyl (C=O) groups excluding carboxylic acids is 1. The number of hydrogen-bond acceptors (Lipinski definition) is 2. The van der Waals surface area contributed by atoms with Crippen molar-refractivity contribution < 1.29 is 9.90 Å². The molecule has 0 aromatic heterocycles. The van der Waals surface area contributed by atoms with Gasteiger partial charge in [-0.2, -0.15) is 0 Å². The zero-order valence-electron chi connectivity index (χ0n) is 19.8. The minimum Gasteiger partial charge on any atom is -0.383 e. The summed E-state index contributed by atoms with van der Waals surface area (Å²) in [4.78, 5) is 10.7. The molecule has 0 spiro atoms. The quantitative estimate of drug-likeness (QED) is 0.159. The average Bonchev–Trinajstić information content (AvgIpc) is 2.71. The second-order valence-corrected chi connectivity index (χ2v) is 9.13. The van der Waals surface area contributed by atoms with E-state index in [1.165, 1.54) is 128 Å². The fourth-order valence-corrected chi connectivity index (χ4v) is 4.09. The highest BCUT2D eigenvalue weighted by atomic mass is 16.3. The van der Waals surface area contributed by atoms with Gasteiger partial charge in [-0.05, 0) is 6.42 Å². The Morgan fingerprint density at radius 1 is 0.552 bits per heavy atom. The molecule has 0 aliphatic carbocycles. The van der Waals surface area contributed by atoms with Crippen molar-refractivity contribution in [2.45, 2.75) is 161 Å². The van der Waals surface area contributed by atoms with Crippen molar-refractivity contribution >= 4 is 5.91 Å². The molecule has 29 heavy (non-hydrogen) atoms. The van der Waals surface area contributed by atoms with Gasteiger partial charge in [0.1, 0.15) is 6.10 Å². The number of aliphatic hydroxyl groups is 1. The van der Waals surface area contributed by atoms with Crippen LogP contribution in [-0.4, -0.2) is 17.1 Å².